The van der Waals surface area contributed by atoms with Crippen LogP contribution in [0.3, 0.4) is 0 Å². The van der Waals surface area contributed by atoms with Gasteiger partial charge in [0.15, 0.2) is 0 Å². The summed E-state index contributed by atoms with van der Waals surface area (Å²) in [7, 11) is 0. The van der Waals surface area contributed by atoms with Gasteiger partial charge in [0.2, 0.25) is 5.91 Å². The van der Waals surface area contributed by atoms with Crippen LogP contribution in [0.1, 0.15) is 13.8 Å². The van der Waals surface area contributed by atoms with E-state index in [2.05, 4.69) is 4.99 Å². The molecule has 3 nitrogen and oxygen atoms in total. The van der Waals surface area contributed by atoms with Crippen LogP contribution in [0.25, 0.3) is 0 Å². The first-order valence-corrected chi connectivity index (χ1v) is 3.07. The second-order valence-corrected chi connectivity index (χ2v) is 2.00. The van der Waals surface area contributed by atoms with Gasteiger partial charge in [0, 0.05) is 6.54 Å². The lowest BCUT2D eigenvalue weighted by Crippen LogP contribution is -2.30. The first-order chi connectivity index (χ1) is 4.25. The summed E-state index contributed by atoms with van der Waals surface area (Å²) in [4.78, 5) is 16.5. The summed E-state index contributed by atoms with van der Waals surface area (Å²) in [5, 5.41) is 0. The molecule has 50 valence electrons. The van der Waals surface area contributed by atoms with Crippen molar-refractivity contribution in [2.24, 2.45) is 4.99 Å². The van der Waals surface area contributed by atoms with Gasteiger partial charge in [-0.15, -0.1) is 0 Å². The molecule has 0 saturated carbocycles. The third-order valence-electron chi connectivity index (χ3n) is 1.45. The van der Waals surface area contributed by atoms with Gasteiger partial charge in [0.05, 0.1) is 0 Å². The first-order valence-electron chi connectivity index (χ1n) is 3.07. The van der Waals surface area contributed by atoms with Gasteiger partial charge in [-0.05, 0) is 13.8 Å². The molecule has 0 unspecified atom stereocenters. The maximum absolute atomic E-state index is 10.8. The van der Waals surface area contributed by atoms with Crippen molar-refractivity contribution in [1.29, 1.82) is 0 Å². The number of carbonyl (C=O) groups is 1. The summed E-state index contributed by atoms with van der Waals surface area (Å²) in [6.07, 6.45) is 0. The van der Waals surface area contributed by atoms with Crippen molar-refractivity contribution < 1.29 is 4.79 Å². The molecule has 3 heteroatoms. The van der Waals surface area contributed by atoms with Crippen molar-refractivity contribution in [2.75, 3.05) is 13.1 Å². The van der Waals surface area contributed by atoms with Crippen LogP contribution in [0, 0.1) is 0 Å². The fraction of sp³-hybridized carbons (Fsp3) is 0.667. The highest BCUT2D eigenvalue weighted by atomic mass is 16.2. The highest BCUT2D eigenvalue weighted by Gasteiger charge is 2.18. The summed E-state index contributed by atoms with van der Waals surface area (Å²) in [5.74, 6) is 0.970. The number of nitrogens with zero attached hydrogens (tertiary/aromatic N) is 2. The first kappa shape index (κ1) is 6.26. The number of hydrogen-bond donors (Lipinski definition) is 0. The molecule has 0 aromatic heterocycles. The molecular formula is C6H10N2O. The smallest absolute Gasteiger partial charge is 0.249 e. The van der Waals surface area contributed by atoms with Crippen LogP contribution < -0.4 is 0 Å². The molecule has 1 amide bonds. The van der Waals surface area contributed by atoms with Crippen LogP contribution in [0.2, 0.25) is 0 Å². The summed E-state index contributed by atoms with van der Waals surface area (Å²) in [6, 6.07) is 0. The number of carbonyl (C=O) groups excluding carboxylic acids is 1. The van der Waals surface area contributed by atoms with Crippen LogP contribution in [0.15, 0.2) is 4.99 Å². The van der Waals surface area contributed by atoms with Gasteiger partial charge in [-0.25, -0.2) is 0 Å². The lowest BCUT2D eigenvalue weighted by atomic mass is 10.5. The molecule has 1 heterocycles. The van der Waals surface area contributed by atoms with Crippen molar-refractivity contribution >= 4 is 11.7 Å². The molecule has 0 bridgehead atoms. The number of amides is 1. The van der Waals surface area contributed by atoms with Gasteiger partial charge in [-0.3, -0.25) is 14.7 Å². The molecule has 0 saturated heterocycles. The molecule has 9 heavy (non-hydrogen) atoms. The van der Waals surface area contributed by atoms with Gasteiger partial charge < -0.3 is 0 Å². The molecule has 1 aliphatic heterocycles. The monoisotopic (exact) mass is 126 g/mol. The summed E-state index contributed by atoms with van der Waals surface area (Å²) in [6.45, 7) is 4.89. The minimum atomic E-state index is 0.120. The Morgan fingerprint density at radius 3 is 2.67 bits per heavy atom. The van der Waals surface area contributed by atoms with E-state index >= 15 is 0 Å². The third kappa shape index (κ3) is 0.943. The van der Waals surface area contributed by atoms with E-state index in [0.717, 1.165) is 12.4 Å². The molecule has 0 radical (unpaired) electrons. The predicted molar refractivity (Wildman–Crippen MR) is 35.4 cm³/mol. The van der Waals surface area contributed by atoms with E-state index in [1.54, 1.807) is 4.90 Å². The van der Waals surface area contributed by atoms with Gasteiger partial charge >= 0.3 is 0 Å². The predicted octanol–water partition coefficient (Wildman–Crippen LogP) is 0.267. The van der Waals surface area contributed by atoms with E-state index < -0.39 is 0 Å². The number of rotatable bonds is 1. The quantitative estimate of drug-likeness (QED) is 0.496. The maximum Gasteiger partial charge on any atom is 0.249 e. The fourth-order valence-electron chi connectivity index (χ4n) is 0.938. The van der Waals surface area contributed by atoms with Gasteiger partial charge in [-0.1, -0.05) is 0 Å². The molecule has 1 rings (SSSR count). The Balaban J connectivity index is 2.67. The van der Waals surface area contributed by atoms with Crippen LogP contribution in [0.4, 0.5) is 0 Å². The standard InChI is InChI=1S/C6H10N2O/c1-3-8-5(2)7-4-6(8)9/h3-4H2,1-2H3. The van der Waals surface area contributed by atoms with E-state index in [1.807, 2.05) is 13.8 Å². The molecule has 0 aromatic rings. The van der Waals surface area contributed by atoms with E-state index in [-0.39, 0.29) is 5.91 Å². The van der Waals surface area contributed by atoms with Crippen LogP contribution >= 0.6 is 0 Å². The minimum absolute atomic E-state index is 0.120. The van der Waals surface area contributed by atoms with Crippen molar-refractivity contribution in [1.82, 2.24) is 4.90 Å². The number of likely N-dealkylation sites (N-methyl/N-ethyl adjacent to an activating group) is 1. The van der Waals surface area contributed by atoms with E-state index in [1.165, 1.54) is 0 Å². The van der Waals surface area contributed by atoms with E-state index in [0.29, 0.717) is 6.54 Å². The number of amidine groups is 1. The Kier molecular flexibility index (Phi) is 1.51. The topological polar surface area (TPSA) is 32.7 Å². The van der Waals surface area contributed by atoms with E-state index in [4.69, 9.17) is 0 Å². The average molecular weight is 126 g/mol. The number of aliphatic imine (C=N–C) groups is 1. The summed E-state index contributed by atoms with van der Waals surface area (Å²) in [5.41, 5.74) is 0. The molecule has 0 N–H and O–H groups in total. The minimum Gasteiger partial charge on any atom is -0.300 e. The Bertz CT molecular complexity index is 162. The Morgan fingerprint density at radius 2 is 2.44 bits per heavy atom. The van der Waals surface area contributed by atoms with Crippen molar-refractivity contribution in [3.05, 3.63) is 0 Å². The lowest BCUT2D eigenvalue weighted by molar-refractivity contribution is -0.124. The van der Waals surface area contributed by atoms with Crippen LogP contribution in [-0.4, -0.2) is 29.7 Å². The van der Waals surface area contributed by atoms with Crippen molar-refractivity contribution in [2.45, 2.75) is 13.8 Å². The van der Waals surface area contributed by atoms with Gasteiger partial charge in [0.1, 0.15) is 12.4 Å². The number of hydrogen-bond acceptors (Lipinski definition) is 2. The second kappa shape index (κ2) is 2.17. The van der Waals surface area contributed by atoms with Gasteiger partial charge in [-0.2, -0.15) is 0 Å². The van der Waals surface area contributed by atoms with Crippen LogP contribution in [0.5, 0.6) is 0 Å². The van der Waals surface area contributed by atoms with E-state index in [9.17, 15) is 4.79 Å². The largest absolute Gasteiger partial charge is 0.300 e. The molecule has 0 spiro atoms. The lowest BCUT2D eigenvalue weighted by Gasteiger charge is -2.11. The zero-order valence-electron chi connectivity index (χ0n) is 5.72. The van der Waals surface area contributed by atoms with Crippen LogP contribution in [-0.2, 0) is 4.79 Å². The molecule has 0 aromatic carbocycles. The zero-order valence-corrected chi connectivity index (χ0v) is 5.72. The highest BCUT2D eigenvalue weighted by molar-refractivity contribution is 6.02. The highest BCUT2D eigenvalue weighted by Crippen LogP contribution is 2.00. The summed E-state index contributed by atoms with van der Waals surface area (Å²) >= 11 is 0. The molecule has 1 aliphatic rings. The molecule has 0 fully saturated rings. The maximum atomic E-state index is 10.8. The van der Waals surface area contributed by atoms with Crippen molar-refractivity contribution in [3.63, 3.8) is 0 Å². The van der Waals surface area contributed by atoms with Crippen molar-refractivity contribution in [3.8, 4) is 0 Å². The Morgan fingerprint density at radius 1 is 1.78 bits per heavy atom. The third-order valence-corrected chi connectivity index (χ3v) is 1.45. The molecule has 0 atom stereocenters. The Labute approximate surface area is 54.4 Å². The zero-order chi connectivity index (χ0) is 6.85. The Hall–Kier alpha value is -0.860. The normalized spacial score (nSPS) is 18.7. The molecular weight excluding hydrogens is 116 g/mol. The fourth-order valence-corrected chi connectivity index (χ4v) is 0.938. The molecule has 0 aliphatic carbocycles. The summed E-state index contributed by atoms with van der Waals surface area (Å²) < 4.78 is 0. The average Bonchev–Trinajstić information content (AvgIpc) is 2.12. The van der Waals surface area contributed by atoms with Gasteiger partial charge in [0.25, 0.3) is 0 Å². The second-order valence-electron chi connectivity index (χ2n) is 2.00. The SMILES string of the molecule is CCN1C(=O)CN=C1C.